The van der Waals surface area contributed by atoms with Crippen molar-refractivity contribution in [1.82, 2.24) is 16.0 Å². The molecular weight excluding hydrogens is 514 g/mol. The van der Waals surface area contributed by atoms with Gasteiger partial charge in [0.2, 0.25) is 17.7 Å². The molecule has 0 rings (SSSR count). The summed E-state index contributed by atoms with van der Waals surface area (Å²) >= 11 is 0. The molecule has 5 N–H and O–H groups in total. The highest BCUT2D eigenvalue weighted by Crippen LogP contribution is 2.11. The number of unbranched alkanes of at least 4 members (excludes halogenated alkanes) is 7. The molecule has 0 spiro atoms. The maximum absolute atomic E-state index is 12.1. The van der Waals surface area contributed by atoms with E-state index in [-0.39, 0.29) is 76.4 Å². The lowest BCUT2D eigenvalue weighted by Crippen LogP contribution is -2.41. The second-order valence-electron chi connectivity index (χ2n) is 9.08. The van der Waals surface area contributed by atoms with Crippen molar-refractivity contribution in [1.29, 1.82) is 0 Å². The molecule has 0 saturated carbocycles. The van der Waals surface area contributed by atoms with E-state index in [0.717, 1.165) is 38.5 Å². The van der Waals surface area contributed by atoms with E-state index in [4.69, 9.17) is 19.3 Å². The summed E-state index contributed by atoms with van der Waals surface area (Å²) in [4.78, 5) is 57.4. The van der Waals surface area contributed by atoms with Crippen molar-refractivity contribution in [2.24, 2.45) is 0 Å². The van der Waals surface area contributed by atoms with Crippen LogP contribution in [0.3, 0.4) is 0 Å². The standard InChI is InChI=1S/C26H47N3O10/c1-37-16-14-28-24(32)20-39-19-18-38-17-15-27-22(30)13-12-21(26(35)36)29-23(31)10-8-6-4-2-3-5-7-9-11-25(33)34/h21H,2-20H2,1H3,(H,27,30)(H,28,32)(H,29,31)(H,33,34)(H,35,36)/t21-/m0/s1. The fourth-order valence-corrected chi connectivity index (χ4v) is 3.50. The number of carbonyl (C=O) groups excluding carboxylic acids is 3. The number of rotatable bonds is 27. The molecule has 226 valence electrons. The zero-order valence-electron chi connectivity index (χ0n) is 23.2. The first-order valence-electron chi connectivity index (χ1n) is 13.7. The molecule has 0 unspecified atom stereocenters. The third kappa shape index (κ3) is 25.3. The lowest BCUT2D eigenvalue weighted by atomic mass is 10.1. The van der Waals surface area contributed by atoms with Gasteiger partial charge in [0, 0.05) is 39.5 Å². The number of carboxylic acids is 2. The van der Waals surface area contributed by atoms with Crippen molar-refractivity contribution in [2.45, 2.75) is 83.1 Å². The molecule has 0 aromatic heterocycles. The Hall–Kier alpha value is -2.77. The van der Waals surface area contributed by atoms with E-state index in [2.05, 4.69) is 16.0 Å². The highest BCUT2D eigenvalue weighted by atomic mass is 16.5. The van der Waals surface area contributed by atoms with Gasteiger partial charge < -0.3 is 40.4 Å². The molecule has 0 heterocycles. The summed E-state index contributed by atoms with van der Waals surface area (Å²) in [6.45, 7) is 1.71. The van der Waals surface area contributed by atoms with Crippen LogP contribution in [0.2, 0.25) is 0 Å². The van der Waals surface area contributed by atoms with Crippen LogP contribution in [0, 0.1) is 0 Å². The molecule has 3 amide bonds. The second kappa shape index (κ2) is 25.5. The SMILES string of the molecule is COCCNC(=O)COCCOCCNC(=O)CC[C@H](NC(=O)CCCCCCCCCCC(=O)O)C(=O)O. The number of carboxylic acid groups (broad SMARTS) is 2. The topological polar surface area (TPSA) is 190 Å². The normalized spacial score (nSPS) is 11.5. The van der Waals surface area contributed by atoms with Crippen LogP contribution < -0.4 is 16.0 Å². The van der Waals surface area contributed by atoms with Crippen molar-refractivity contribution in [3.05, 3.63) is 0 Å². The summed E-state index contributed by atoms with van der Waals surface area (Å²) in [5.74, 6) is -2.88. The van der Waals surface area contributed by atoms with Gasteiger partial charge in [-0.3, -0.25) is 19.2 Å². The Morgan fingerprint density at radius 2 is 1.21 bits per heavy atom. The number of methoxy groups -OCH3 is 1. The van der Waals surface area contributed by atoms with Gasteiger partial charge in [-0.25, -0.2) is 4.79 Å². The monoisotopic (exact) mass is 561 g/mol. The summed E-state index contributed by atoms with van der Waals surface area (Å²) in [6, 6.07) is -1.13. The molecular formula is C26H47N3O10. The minimum atomic E-state index is -1.19. The fraction of sp³-hybridized carbons (Fsp3) is 0.808. The van der Waals surface area contributed by atoms with Gasteiger partial charge >= 0.3 is 11.9 Å². The Labute approximate surface area is 230 Å². The lowest BCUT2D eigenvalue weighted by molar-refractivity contribution is -0.142. The Bertz CT molecular complexity index is 705. The molecule has 0 aliphatic carbocycles. The predicted molar refractivity (Wildman–Crippen MR) is 142 cm³/mol. The van der Waals surface area contributed by atoms with Gasteiger partial charge in [-0.2, -0.15) is 0 Å². The molecule has 13 heteroatoms. The third-order valence-corrected chi connectivity index (χ3v) is 5.64. The first-order valence-corrected chi connectivity index (χ1v) is 13.7. The first kappa shape index (κ1) is 36.2. The number of ether oxygens (including phenoxy) is 3. The van der Waals surface area contributed by atoms with Crippen LogP contribution >= 0.6 is 0 Å². The minimum absolute atomic E-state index is 0.0179. The van der Waals surface area contributed by atoms with E-state index in [0.29, 0.717) is 26.0 Å². The Morgan fingerprint density at radius 3 is 1.82 bits per heavy atom. The number of hydrogen-bond donors (Lipinski definition) is 5. The molecule has 13 nitrogen and oxygen atoms in total. The van der Waals surface area contributed by atoms with Crippen molar-refractivity contribution < 1.29 is 48.4 Å². The van der Waals surface area contributed by atoms with Crippen LogP contribution in [0.1, 0.15) is 77.0 Å². The summed E-state index contributed by atoms with van der Waals surface area (Å²) < 4.78 is 15.3. The Morgan fingerprint density at radius 1 is 0.641 bits per heavy atom. The van der Waals surface area contributed by atoms with Crippen molar-refractivity contribution in [2.75, 3.05) is 53.2 Å². The van der Waals surface area contributed by atoms with E-state index < -0.39 is 18.0 Å². The zero-order valence-corrected chi connectivity index (χ0v) is 23.2. The molecule has 0 fully saturated rings. The average molecular weight is 562 g/mol. The molecule has 39 heavy (non-hydrogen) atoms. The zero-order chi connectivity index (χ0) is 29.1. The van der Waals surface area contributed by atoms with Crippen LogP contribution in [0.15, 0.2) is 0 Å². The first-order chi connectivity index (χ1) is 18.8. The molecule has 0 aliphatic rings. The number of amides is 3. The van der Waals surface area contributed by atoms with Gasteiger partial charge in [0.1, 0.15) is 12.6 Å². The number of hydrogen-bond acceptors (Lipinski definition) is 8. The molecule has 0 bridgehead atoms. The van der Waals surface area contributed by atoms with E-state index in [1.807, 2.05) is 0 Å². The van der Waals surface area contributed by atoms with Gasteiger partial charge in [0.25, 0.3) is 0 Å². The van der Waals surface area contributed by atoms with E-state index in [9.17, 15) is 29.1 Å². The lowest BCUT2D eigenvalue weighted by Gasteiger charge is -2.14. The molecule has 0 saturated heterocycles. The van der Waals surface area contributed by atoms with Crippen molar-refractivity contribution in [3.63, 3.8) is 0 Å². The average Bonchev–Trinajstić information content (AvgIpc) is 2.88. The molecule has 0 aromatic rings. The van der Waals surface area contributed by atoms with Gasteiger partial charge in [-0.1, -0.05) is 38.5 Å². The summed E-state index contributed by atoms with van der Waals surface area (Å²) in [5.41, 5.74) is 0. The van der Waals surface area contributed by atoms with E-state index >= 15 is 0 Å². The van der Waals surface area contributed by atoms with Crippen LogP contribution in [0.4, 0.5) is 0 Å². The van der Waals surface area contributed by atoms with E-state index in [1.54, 1.807) is 7.11 Å². The van der Waals surface area contributed by atoms with Gasteiger partial charge in [0.05, 0.1) is 26.4 Å². The summed E-state index contributed by atoms with van der Waals surface area (Å²) in [7, 11) is 1.54. The second-order valence-corrected chi connectivity index (χ2v) is 9.08. The number of carbonyl (C=O) groups is 5. The van der Waals surface area contributed by atoms with Crippen molar-refractivity contribution >= 4 is 29.7 Å². The maximum Gasteiger partial charge on any atom is 0.326 e. The minimum Gasteiger partial charge on any atom is -0.481 e. The maximum atomic E-state index is 12.1. The van der Waals surface area contributed by atoms with Gasteiger partial charge in [-0.15, -0.1) is 0 Å². The van der Waals surface area contributed by atoms with Crippen LogP contribution in [0.25, 0.3) is 0 Å². The van der Waals surface area contributed by atoms with Crippen LogP contribution in [0.5, 0.6) is 0 Å². The number of nitrogens with one attached hydrogen (secondary N) is 3. The summed E-state index contributed by atoms with van der Waals surface area (Å²) in [6.07, 6.45) is 7.53. The highest BCUT2D eigenvalue weighted by molar-refractivity contribution is 5.84. The molecule has 0 aromatic carbocycles. The smallest absolute Gasteiger partial charge is 0.326 e. The Kier molecular flexibility index (Phi) is 23.7. The van der Waals surface area contributed by atoms with Gasteiger partial charge in [-0.05, 0) is 19.3 Å². The number of aliphatic carboxylic acids is 2. The third-order valence-electron chi connectivity index (χ3n) is 5.64. The Balaban J connectivity index is 3.77. The predicted octanol–water partition coefficient (Wildman–Crippen LogP) is 1.23. The van der Waals surface area contributed by atoms with Crippen molar-refractivity contribution in [3.8, 4) is 0 Å². The largest absolute Gasteiger partial charge is 0.481 e. The molecule has 0 radical (unpaired) electrons. The highest BCUT2D eigenvalue weighted by Gasteiger charge is 2.20. The molecule has 1 atom stereocenters. The van der Waals surface area contributed by atoms with E-state index in [1.165, 1.54) is 0 Å². The summed E-state index contributed by atoms with van der Waals surface area (Å²) in [5, 5.41) is 25.7. The van der Waals surface area contributed by atoms with Gasteiger partial charge in [0.15, 0.2) is 0 Å². The fourth-order valence-electron chi connectivity index (χ4n) is 3.50. The van der Waals surface area contributed by atoms with Crippen LogP contribution in [-0.4, -0.2) is 99.1 Å². The van der Waals surface area contributed by atoms with Crippen LogP contribution in [-0.2, 0) is 38.2 Å². The molecule has 0 aliphatic heterocycles. The quantitative estimate of drug-likeness (QED) is 0.0912.